The third-order valence-electron chi connectivity index (χ3n) is 6.37. The quantitative estimate of drug-likeness (QED) is 0.247. The Morgan fingerprint density at radius 1 is 1.02 bits per heavy atom. The molecule has 0 unspecified atom stereocenters. The fourth-order valence-corrected chi connectivity index (χ4v) is 4.59. The van der Waals surface area contributed by atoms with Crippen molar-refractivity contribution >= 4 is 50.1 Å². The third-order valence-corrected chi connectivity index (χ3v) is 6.37. The van der Waals surface area contributed by atoms with Gasteiger partial charge in [-0.05, 0) is 34.9 Å². The second kappa shape index (κ2) is 15.1. The Hall–Kier alpha value is -2.23. The maximum Gasteiger partial charge on any atom is 0.439 e. The average Bonchev–Trinajstić information content (AvgIpc) is 3.33. The summed E-state index contributed by atoms with van der Waals surface area (Å²) in [5.41, 5.74) is 5.23. The van der Waals surface area contributed by atoms with Crippen LogP contribution >= 0.6 is 12.4 Å². The van der Waals surface area contributed by atoms with Crippen molar-refractivity contribution in [1.29, 1.82) is 0 Å². The zero-order chi connectivity index (χ0) is 27.3. The van der Waals surface area contributed by atoms with Crippen LogP contribution in [-0.4, -0.2) is 64.5 Å². The van der Waals surface area contributed by atoms with Gasteiger partial charge in [-0.1, -0.05) is 87.8 Å². The Kier molecular flexibility index (Phi) is 12.8. The molecule has 0 saturated carbocycles. The van der Waals surface area contributed by atoms with E-state index < -0.39 is 5.76 Å². The van der Waals surface area contributed by atoms with E-state index in [0.717, 1.165) is 52.8 Å². The maximum absolute atomic E-state index is 13.8. The molecule has 2 heterocycles. The molecule has 0 aliphatic rings. The zero-order valence-electron chi connectivity index (χ0n) is 24.0. The van der Waals surface area contributed by atoms with Gasteiger partial charge in [0.05, 0.1) is 5.69 Å². The number of rotatable bonds is 10. The molecule has 210 valence electrons. The molecule has 0 aliphatic heterocycles. The van der Waals surface area contributed by atoms with Gasteiger partial charge in [-0.25, -0.2) is 9.78 Å². The van der Waals surface area contributed by atoms with Gasteiger partial charge in [-0.3, -0.25) is 18.9 Å². The Morgan fingerprint density at radius 2 is 1.70 bits per heavy atom. The minimum atomic E-state index is -0.591. The molecule has 2 aromatic carbocycles. The summed E-state index contributed by atoms with van der Waals surface area (Å²) in [7, 11) is 1.63. The molecule has 1 N–H and O–H groups in total. The van der Waals surface area contributed by atoms with Crippen LogP contribution in [0.25, 0.3) is 22.5 Å². The fourth-order valence-electron chi connectivity index (χ4n) is 4.59. The van der Waals surface area contributed by atoms with Gasteiger partial charge >= 0.3 is 5.76 Å². The van der Waals surface area contributed by atoms with Crippen molar-refractivity contribution < 1.29 is 9.26 Å². The Morgan fingerprint density at radius 3 is 2.27 bits per heavy atom. The van der Waals surface area contributed by atoms with E-state index in [9.17, 15) is 9.59 Å². The van der Waals surface area contributed by atoms with Crippen molar-refractivity contribution in [2.24, 2.45) is 5.41 Å². The van der Waals surface area contributed by atoms with E-state index in [1.807, 2.05) is 48.5 Å². The van der Waals surface area contributed by atoms with Gasteiger partial charge < -0.3 is 4.74 Å². The minimum absolute atomic E-state index is 0. The molecule has 4 rings (SSSR count). The number of aromatic amines is 1. The van der Waals surface area contributed by atoms with E-state index in [-0.39, 0.29) is 61.1 Å². The number of unbranched alkanes of at least 4 members (excludes halogenated alkanes) is 1. The first-order valence-corrected chi connectivity index (χ1v) is 13.0. The second-order valence-corrected chi connectivity index (χ2v) is 10.8. The van der Waals surface area contributed by atoms with Gasteiger partial charge in [0.15, 0.2) is 5.82 Å². The van der Waals surface area contributed by atoms with Crippen molar-refractivity contribution in [3.63, 3.8) is 0 Å². The number of nitrogens with one attached hydrogen (secondary N) is 1. The van der Waals surface area contributed by atoms with Gasteiger partial charge in [-0.15, -0.1) is 12.4 Å². The van der Waals surface area contributed by atoms with Gasteiger partial charge in [0.2, 0.25) is 0 Å². The first-order chi connectivity index (χ1) is 18.2. The van der Waals surface area contributed by atoms with Gasteiger partial charge in [0.1, 0.15) is 12.4 Å². The predicted molar refractivity (Wildman–Crippen MR) is 161 cm³/mol. The van der Waals surface area contributed by atoms with Crippen molar-refractivity contribution in [2.45, 2.75) is 66.5 Å². The van der Waals surface area contributed by atoms with E-state index >= 15 is 0 Å². The van der Waals surface area contributed by atoms with E-state index in [1.54, 1.807) is 11.7 Å². The summed E-state index contributed by atoms with van der Waals surface area (Å²) in [5, 5.41) is 3.85. The van der Waals surface area contributed by atoms with Crippen LogP contribution in [0.15, 0.2) is 62.6 Å². The minimum Gasteiger partial charge on any atom is -0.377 e. The van der Waals surface area contributed by atoms with Crippen molar-refractivity contribution in [2.75, 3.05) is 7.11 Å². The van der Waals surface area contributed by atoms with Crippen molar-refractivity contribution in [3.05, 3.63) is 92.1 Å². The van der Waals surface area contributed by atoms with Crippen LogP contribution in [0, 0.1) is 5.41 Å². The summed E-state index contributed by atoms with van der Waals surface area (Å²) in [4.78, 5) is 32.9. The molecule has 0 atom stereocenters. The molecule has 0 amide bonds. The van der Waals surface area contributed by atoms with E-state index in [4.69, 9.17) is 14.2 Å². The van der Waals surface area contributed by atoms with Crippen LogP contribution in [-0.2, 0) is 30.7 Å². The molecular weight excluding hydrogens is 556 g/mol. The normalized spacial score (nSPS) is 11.1. The predicted octanol–water partition coefficient (Wildman–Crippen LogP) is 5.42. The molecule has 0 fully saturated rings. The Bertz CT molecular complexity index is 1500. The van der Waals surface area contributed by atoms with Crippen LogP contribution in [0.4, 0.5) is 0 Å². The maximum atomic E-state index is 13.8. The topological polar surface area (TPSA) is 103 Å². The summed E-state index contributed by atoms with van der Waals surface area (Å²) in [6.07, 6.45) is 3.25. The molecule has 10 heteroatoms. The fraction of sp³-hybridized carbons (Fsp3) is 0.400. The smallest absolute Gasteiger partial charge is 0.377 e. The number of benzene rings is 2. The van der Waals surface area contributed by atoms with Crippen LogP contribution in [0.1, 0.15) is 63.2 Å². The summed E-state index contributed by atoms with van der Waals surface area (Å²) in [6, 6.07) is 15.8. The van der Waals surface area contributed by atoms with Crippen molar-refractivity contribution in [3.8, 4) is 22.5 Å². The monoisotopic (exact) mass is 592 g/mol. The number of hydrogen-bond acceptors (Lipinski definition) is 6. The van der Waals surface area contributed by atoms with Crippen LogP contribution in [0.2, 0.25) is 0 Å². The van der Waals surface area contributed by atoms with Gasteiger partial charge in [-0.2, -0.15) is 0 Å². The largest absolute Gasteiger partial charge is 0.439 e. The summed E-state index contributed by atoms with van der Waals surface area (Å²) >= 11 is 0. The molecule has 0 aliphatic carbocycles. The van der Waals surface area contributed by atoms with Crippen LogP contribution < -0.4 is 11.3 Å². The number of H-pyrrole nitrogens is 1. The average molecular weight is 593 g/mol. The molecule has 40 heavy (non-hydrogen) atoms. The first-order valence-electron chi connectivity index (χ1n) is 13.0. The molecular formula is C30H37CaClN4O4. The van der Waals surface area contributed by atoms with E-state index in [0.29, 0.717) is 31.2 Å². The van der Waals surface area contributed by atoms with Gasteiger partial charge in [0, 0.05) is 68.9 Å². The van der Waals surface area contributed by atoms with Crippen LogP contribution in [0.5, 0.6) is 0 Å². The Labute approximate surface area is 271 Å². The number of methoxy groups -OCH3 is 1. The molecule has 0 saturated heterocycles. The van der Waals surface area contributed by atoms with Crippen molar-refractivity contribution in [1.82, 2.24) is 19.7 Å². The SMILES string of the molecule is CCCCc1nc(COC)n(CC(C)(C)C)c(=O)c1Cc1ccc(-c2ccccc2-c2noc(=O)[nH]2)cc1.Cl.[Ca]. The number of aromatic nitrogens is 4. The number of halogens is 1. The van der Waals surface area contributed by atoms with Gasteiger partial charge in [0.25, 0.3) is 5.56 Å². The number of aryl methyl sites for hydroxylation is 1. The first kappa shape index (κ1) is 34.0. The number of hydrogen-bond donors (Lipinski definition) is 1. The van der Waals surface area contributed by atoms with E-state index in [1.165, 1.54) is 0 Å². The summed E-state index contributed by atoms with van der Waals surface area (Å²) in [5.74, 6) is 0.475. The number of nitrogens with zero attached hydrogens (tertiary/aromatic N) is 3. The molecule has 2 aromatic heterocycles. The molecule has 2 radical (unpaired) electrons. The zero-order valence-corrected chi connectivity index (χ0v) is 27.0. The third kappa shape index (κ3) is 8.40. The molecule has 0 bridgehead atoms. The summed E-state index contributed by atoms with van der Waals surface area (Å²) < 4.78 is 11.9. The molecule has 0 spiro atoms. The second-order valence-electron chi connectivity index (χ2n) is 10.8. The van der Waals surface area contributed by atoms with Crippen LogP contribution in [0.3, 0.4) is 0 Å². The standard InChI is InChI=1S/C30H36N4O4.Ca.ClH/c1-6-7-12-25-24(28(35)34(19-30(2,3)4)26(31-25)18-37-5)17-20-13-15-21(16-14-20)22-10-8-9-11-23(22)27-32-29(36)38-33-27;;/h8-11,13-16H,6-7,12,17-19H2,1-5H3,(H,32,33,36);;1H. The number of ether oxygens (including phenoxy) is 1. The molecule has 4 aromatic rings. The Balaban J connectivity index is 0.00000280. The summed E-state index contributed by atoms with van der Waals surface area (Å²) in [6.45, 7) is 9.36. The molecule has 8 nitrogen and oxygen atoms in total. The van der Waals surface area contributed by atoms with E-state index in [2.05, 4.69) is 37.8 Å².